The number of rotatable bonds is 2. The zero-order valence-electron chi connectivity index (χ0n) is 12.2. The minimum Gasteiger partial charge on any atom is -0.371 e. The van der Waals surface area contributed by atoms with Gasteiger partial charge in [0.1, 0.15) is 0 Å². The average Bonchev–Trinajstić information content (AvgIpc) is 3.17. The van der Waals surface area contributed by atoms with Crippen molar-refractivity contribution < 1.29 is 9.59 Å². The smallest absolute Gasteiger partial charge is 0.266 e. The molecule has 2 aliphatic rings. The highest BCUT2D eigenvalue weighted by Gasteiger charge is 2.36. The maximum atomic E-state index is 12.5. The van der Waals surface area contributed by atoms with Gasteiger partial charge in [-0.15, -0.1) is 0 Å². The van der Waals surface area contributed by atoms with Gasteiger partial charge in [0.2, 0.25) is 0 Å². The first-order valence-corrected chi connectivity index (χ1v) is 7.58. The van der Waals surface area contributed by atoms with Gasteiger partial charge in [0.25, 0.3) is 11.8 Å². The second kappa shape index (κ2) is 4.98. The summed E-state index contributed by atoms with van der Waals surface area (Å²) in [5.41, 5.74) is 2.69. The van der Waals surface area contributed by atoms with E-state index in [0.717, 1.165) is 18.8 Å². The third-order valence-corrected chi connectivity index (χ3v) is 4.35. The van der Waals surface area contributed by atoms with E-state index in [0.29, 0.717) is 16.8 Å². The monoisotopic (exact) mass is 292 g/mol. The lowest BCUT2D eigenvalue weighted by Crippen LogP contribution is -2.29. The maximum absolute atomic E-state index is 12.5. The SMILES string of the molecule is O=C1c2ccccc2C(=O)N1c1cccc(N2CCCC2)c1. The first kappa shape index (κ1) is 13.1. The molecular formula is C18H16N2O2. The number of carbonyl (C=O) groups excluding carboxylic acids is 2. The van der Waals surface area contributed by atoms with Crippen LogP contribution in [0.15, 0.2) is 48.5 Å². The largest absolute Gasteiger partial charge is 0.371 e. The minimum atomic E-state index is -0.237. The van der Waals surface area contributed by atoms with Gasteiger partial charge in [0, 0.05) is 18.8 Å². The first-order valence-electron chi connectivity index (χ1n) is 7.58. The van der Waals surface area contributed by atoms with Crippen molar-refractivity contribution in [1.29, 1.82) is 0 Å². The van der Waals surface area contributed by atoms with Gasteiger partial charge in [-0.05, 0) is 43.2 Å². The number of imide groups is 1. The Hall–Kier alpha value is -2.62. The fraction of sp³-hybridized carbons (Fsp3) is 0.222. The average molecular weight is 292 g/mol. The number of carbonyl (C=O) groups is 2. The first-order chi connectivity index (χ1) is 10.8. The van der Waals surface area contributed by atoms with E-state index in [9.17, 15) is 9.59 Å². The van der Waals surface area contributed by atoms with Crippen LogP contribution in [0, 0.1) is 0 Å². The second-order valence-electron chi connectivity index (χ2n) is 5.71. The summed E-state index contributed by atoms with van der Waals surface area (Å²) in [7, 11) is 0. The third-order valence-electron chi connectivity index (χ3n) is 4.35. The third kappa shape index (κ3) is 1.91. The Morgan fingerprint density at radius 2 is 1.32 bits per heavy atom. The van der Waals surface area contributed by atoms with Gasteiger partial charge in [-0.3, -0.25) is 9.59 Å². The Morgan fingerprint density at radius 3 is 1.95 bits per heavy atom. The number of hydrogen-bond acceptors (Lipinski definition) is 3. The lowest BCUT2D eigenvalue weighted by Gasteiger charge is -2.20. The van der Waals surface area contributed by atoms with E-state index in [4.69, 9.17) is 0 Å². The van der Waals surface area contributed by atoms with Crippen molar-refractivity contribution in [3.63, 3.8) is 0 Å². The molecule has 110 valence electrons. The molecule has 4 nitrogen and oxygen atoms in total. The van der Waals surface area contributed by atoms with Crippen LogP contribution in [0.4, 0.5) is 11.4 Å². The number of anilines is 2. The molecular weight excluding hydrogens is 276 g/mol. The molecule has 1 fully saturated rings. The van der Waals surface area contributed by atoms with Crippen LogP contribution >= 0.6 is 0 Å². The van der Waals surface area contributed by atoms with Crippen LogP contribution in [0.3, 0.4) is 0 Å². The maximum Gasteiger partial charge on any atom is 0.266 e. The Morgan fingerprint density at radius 1 is 0.727 bits per heavy atom. The highest BCUT2D eigenvalue weighted by molar-refractivity contribution is 6.34. The Labute approximate surface area is 129 Å². The molecule has 2 heterocycles. The number of amides is 2. The molecule has 0 atom stereocenters. The molecule has 0 aliphatic carbocycles. The van der Waals surface area contributed by atoms with Gasteiger partial charge in [-0.25, -0.2) is 4.90 Å². The van der Waals surface area contributed by atoms with Crippen molar-refractivity contribution in [2.75, 3.05) is 22.9 Å². The summed E-state index contributed by atoms with van der Waals surface area (Å²) in [5, 5.41) is 0. The zero-order valence-corrected chi connectivity index (χ0v) is 12.2. The lowest BCUT2D eigenvalue weighted by molar-refractivity contribution is 0.0926. The van der Waals surface area contributed by atoms with Gasteiger partial charge in [-0.1, -0.05) is 18.2 Å². The van der Waals surface area contributed by atoms with Crippen LogP contribution < -0.4 is 9.80 Å². The molecule has 1 saturated heterocycles. The topological polar surface area (TPSA) is 40.6 Å². The van der Waals surface area contributed by atoms with Crippen LogP contribution in [0.25, 0.3) is 0 Å². The molecule has 0 aromatic heterocycles. The van der Waals surface area contributed by atoms with Gasteiger partial charge >= 0.3 is 0 Å². The van der Waals surface area contributed by atoms with E-state index in [1.54, 1.807) is 24.3 Å². The van der Waals surface area contributed by atoms with Gasteiger partial charge in [0.15, 0.2) is 0 Å². The normalized spacial score (nSPS) is 17.3. The molecule has 4 heteroatoms. The number of benzene rings is 2. The fourth-order valence-electron chi connectivity index (χ4n) is 3.23. The van der Waals surface area contributed by atoms with E-state index in [-0.39, 0.29) is 11.8 Å². The molecule has 2 amide bonds. The minimum absolute atomic E-state index is 0.237. The van der Waals surface area contributed by atoms with E-state index in [1.165, 1.54) is 17.7 Å². The molecule has 2 aromatic carbocycles. The summed E-state index contributed by atoms with van der Waals surface area (Å²) >= 11 is 0. The quantitative estimate of drug-likeness (QED) is 0.799. The summed E-state index contributed by atoms with van der Waals surface area (Å²) in [5.74, 6) is -0.474. The number of nitrogens with zero attached hydrogens (tertiary/aromatic N) is 2. The molecule has 0 bridgehead atoms. The van der Waals surface area contributed by atoms with E-state index < -0.39 is 0 Å². The molecule has 0 N–H and O–H groups in total. The molecule has 4 rings (SSSR count). The van der Waals surface area contributed by atoms with Gasteiger partial charge < -0.3 is 4.90 Å². The molecule has 0 unspecified atom stereocenters. The highest BCUT2D eigenvalue weighted by atomic mass is 16.2. The second-order valence-corrected chi connectivity index (χ2v) is 5.71. The summed E-state index contributed by atoms with van der Waals surface area (Å²) in [6, 6.07) is 14.7. The van der Waals surface area contributed by atoms with E-state index >= 15 is 0 Å². The molecule has 2 aromatic rings. The molecule has 0 radical (unpaired) electrons. The van der Waals surface area contributed by atoms with Gasteiger partial charge in [-0.2, -0.15) is 0 Å². The summed E-state index contributed by atoms with van der Waals surface area (Å²) in [6.07, 6.45) is 2.38. The molecule has 0 saturated carbocycles. The Bertz CT molecular complexity index is 728. The van der Waals surface area contributed by atoms with Crippen molar-refractivity contribution in [2.45, 2.75) is 12.8 Å². The van der Waals surface area contributed by atoms with Crippen molar-refractivity contribution in [3.8, 4) is 0 Å². The van der Waals surface area contributed by atoms with E-state index in [2.05, 4.69) is 4.90 Å². The number of fused-ring (bicyclic) bond motifs is 1. The Kier molecular flexibility index (Phi) is 2.96. The fourth-order valence-corrected chi connectivity index (χ4v) is 3.23. The summed E-state index contributed by atoms with van der Waals surface area (Å²) in [4.78, 5) is 28.6. The predicted octanol–water partition coefficient (Wildman–Crippen LogP) is 3.09. The summed E-state index contributed by atoms with van der Waals surface area (Å²) in [6.45, 7) is 2.07. The van der Waals surface area contributed by atoms with Crippen LogP contribution in [0.2, 0.25) is 0 Å². The van der Waals surface area contributed by atoms with Crippen LogP contribution in [-0.2, 0) is 0 Å². The van der Waals surface area contributed by atoms with Gasteiger partial charge in [0.05, 0.1) is 16.8 Å². The van der Waals surface area contributed by atoms with Crippen LogP contribution in [-0.4, -0.2) is 24.9 Å². The standard InChI is InChI=1S/C18H16N2O2/c21-17-15-8-1-2-9-16(15)18(22)20(17)14-7-5-6-13(12-14)19-10-3-4-11-19/h1-2,5-9,12H,3-4,10-11H2. The molecule has 0 spiro atoms. The molecule has 22 heavy (non-hydrogen) atoms. The van der Waals surface area contributed by atoms with Crippen molar-refractivity contribution in [2.24, 2.45) is 0 Å². The summed E-state index contributed by atoms with van der Waals surface area (Å²) < 4.78 is 0. The van der Waals surface area contributed by atoms with Crippen molar-refractivity contribution >= 4 is 23.2 Å². The molecule has 2 aliphatic heterocycles. The van der Waals surface area contributed by atoms with Crippen molar-refractivity contribution in [1.82, 2.24) is 0 Å². The lowest BCUT2D eigenvalue weighted by atomic mass is 10.1. The Balaban J connectivity index is 1.73. The van der Waals surface area contributed by atoms with Crippen molar-refractivity contribution in [3.05, 3.63) is 59.7 Å². The van der Waals surface area contributed by atoms with Crippen LogP contribution in [0.1, 0.15) is 33.6 Å². The van der Waals surface area contributed by atoms with E-state index in [1.807, 2.05) is 24.3 Å². The zero-order chi connectivity index (χ0) is 15.1. The number of hydrogen-bond donors (Lipinski definition) is 0. The highest BCUT2D eigenvalue weighted by Crippen LogP contribution is 2.31. The predicted molar refractivity (Wildman–Crippen MR) is 85.5 cm³/mol. The van der Waals surface area contributed by atoms with Crippen LogP contribution in [0.5, 0.6) is 0 Å².